The molecule has 11 heavy (non-hydrogen) atoms. The van der Waals surface area contributed by atoms with Gasteiger partial charge in [0, 0.05) is 30.2 Å². The highest BCUT2D eigenvalue weighted by Crippen LogP contribution is 2.11. The maximum absolute atomic E-state index is 8.87. The molecule has 0 fully saturated rings. The van der Waals surface area contributed by atoms with Crippen LogP contribution in [0.15, 0.2) is 18.5 Å². The van der Waals surface area contributed by atoms with Gasteiger partial charge in [0.25, 0.3) is 0 Å². The lowest BCUT2D eigenvalue weighted by Gasteiger charge is -2.06. The molecule has 1 aromatic rings. The predicted molar refractivity (Wildman–Crippen MR) is 44.3 cm³/mol. The van der Waals surface area contributed by atoms with Crippen LogP contribution in [0.5, 0.6) is 0 Å². The molecule has 0 aliphatic carbocycles. The summed E-state index contributed by atoms with van der Waals surface area (Å²) in [6.45, 7) is 2.91. The molecule has 60 valence electrons. The lowest BCUT2D eigenvalue weighted by atomic mass is 10.2. The molecule has 3 nitrogen and oxygen atoms in total. The average molecular weight is 152 g/mol. The Morgan fingerprint density at radius 2 is 2.45 bits per heavy atom. The molecule has 0 aliphatic rings. The SMILES string of the molecule is CCNc1ccncc1CO. The van der Waals surface area contributed by atoms with Crippen molar-refractivity contribution in [1.82, 2.24) is 4.98 Å². The lowest BCUT2D eigenvalue weighted by Crippen LogP contribution is -2.00. The van der Waals surface area contributed by atoms with Gasteiger partial charge < -0.3 is 10.4 Å². The van der Waals surface area contributed by atoms with E-state index in [1.54, 1.807) is 12.4 Å². The molecule has 0 bridgehead atoms. The van der Waals surface area contributed by atoms with Crippen LogP contribution in [0.3, 0.4) is 0 Å². The van der Waals surface area contributed by atoms with Crippen molar-refractivity contribution in [2.24, 2.45) is 0 Å². The first-order chi connectivity index (χ1) is 5.38. The van der Waals surface area contributed by atoms with Crippen LogP contribution in [0.4, 0.5) is 5.69 Å². The van der Waals surface area contributed by atoms with Crippen molar-refractivity contribution in [3.63, 3.8) is 0 Å². The summed E-state index contributed by atoms with van der Waals surface area (Å²) in [7, 11) is 0. The van der Waals surface area contributed by atoms with Gasteiger partial charge in [0.1, 0.15) is 0 Å². The van der Waals surface area contributed by atoms with E-state index in [1.807, 2.05) is 13.0 Å². The predicted octanol–water partition coefficient (Wildman–Crippen LogP) is 1.01. The molecule has 0 radical (unpaired) electrons. The van der Waals surface area contributed by atoms with Gasteiger partial charge in [-0.05, 0) is 13.0 Å². The number of rotatable bonds is 3. The second-order valence-corrected chi connectivity index (χ2v) is 2.22. The van der Waals surface area contributed by atoms with E-state index in [-0.39, 0.29) is 6.61 Å². The van der Waals surface area contributed by atoms with E-state index in [1.165, 1.54) is 0 Å². The van der Waals surface area contributed by atoms with E-state index in [0.717, 1.165) is 17.8 Å². The minimum absolute atomic E-state index is 0.0379. The number of aliphatic hydroxyl groups excluding tert-OH is 1. The summed E-state index contributed by atoms with van der Waals surface area (Å²) in [5.41, 5.74) is 1.80. The minimum atomic E-state index is 0.0379. The number of hydrogen-bond donors (Lipinski definition) is 2. The molecule has 1 heterocycles. The second-order valence-electron chi connectivity index (χ2n) is 2.22. The van der Waals surface area contributed by atoms with Crippen molar-refractivity contribution >= 4 is 5.69 Å². The molecule has 0 unspecified atom stereocenters. The number of nitrogens with zero attached hydrogens (tertiary/aromatic N) is 1. The second kappa shape index (κ2) is 3.93. The fourth-order valence-electron chi connectivity index (χ4n) is 0.916. The van der Waals surface area contributed by atoms with Crippen LogP contribution in [0.1, 0.15) is 12.5 Å². The van der Waals surface area contributed by atoms with Crippen molar-refractivity contribution in [3.8, 4) is 0 Å². The lowest BCUT2D eigenvalue weighted by molar-refractivity contribution is 0.282. The van der Waals surface area contributed by atoms with Gasteiger partial charge in [-0.3, -0.25) is 4.98 Å². The number of aliphatic hydroxyl groups is 1. The topological polar surface area (TPSA) is 45.2 Å². The number of hydrogen-bond acceptors (Lipinski definition) is 3. The van der Waals surface area contributed by atoms with Crippen LogP contribution in [0, 0.1) is 0 Å². The van der Waals surface area contributed by atoms with Gasteiger partial charge in [-0.1, -0.05) is 0 Å². The van der Waals surface area contributed by atoms with Gasteiger partial charge >= 0.3 is 0 Å². The largest absolute Gasteiger partial charge is 0.392 e. The monoisotopic (exact) mass is 152 g/mol. The quantitative estimate of drug-likeness (QED) is 0.679. The zero-order valence-corrected chi connectivity index (χ0v) is 6.54. The Labute approximate surface area is 66.1 Å². The van der Waals surface area contributed by atoms with Gasteiger partial charge in [0.05, 0.1) is 6.61 Å². The highest BCUT2D eigenvalue weighted by atomic mass is 16.3. The first-order valence-electron chi connectivity index (χ1n) is 3.66. The Balaban J connectivity index is 2.83. The summed E-state index contributed by atoms with van der Waals surface area (Å²) >= 11 is 0. The summed E-state index contributed by atoms with van der Waals surface area (Å²) in [5.74, 6) is 0. The number of nitrogens with one attached hydrogen (secondary N) is 1. The molecule has 1 rings (SSSR count). The molecule has 3 heteroatoms. The van der Waals surface area contributed by atoms with Crippen LogP contribution in [0.25, 0.3) is 0 Å². The third kappa shape index (κ3) is 1.91. The Kier molecular flexibility index (Phi) is 2.86. The first kappa shape index (κ1) is 8.01. The van der Waals surface area contributed by atoms with E-state index in [2.05, 4.69) is 10.3 Å². The van der Waals surface area contributed by atoms with Crippen LogP contribution < -0.4 is 5.32 Å². The zero-order chi connectivity index (χ0) is 8.10. The van der Waals surface area contributed by atoms with Crippen molar-refractivity contribution in [2.75, 3.05) is 11.9 Å². The number of aromatic nitrogens is 1. The summed E-state index contributed by atoms with van der Waals surface area (Å²) in [4.78, 5) is 3.90. The van der Waals surface area contributed by atoms with E-state index in [9.17, 15) is 0 Å². The fraction of sp³-hybridized carbons (Fsp3) is 0.375. The smallest absolute Gasteiger partial charge is 0.0717 e. The van der Waals surface area contributed by atoms with E-state index < -0.39 is 0 Å². The van der Waals surface area contributed by atoms with Gasteiger partial charge in [-0.15, -0.1) is 0 Å². The molecule has 0 amide bonds. The molecule has 0 saturated carbocycles. The molecule has 0 spiro atoms. The van der Waals surface area contributed by atoms with E-state index in [0.29, 0.717) is 0 Å². The van der Waals surface area contributed by atoms with Gasteiger partial charge in [-0.25, -0.2) is 0 Å². The maximum Gasteiger partial charge on any atom is 0.0717 e. The van der Waals surface area contributed by atoms with Gasteiger partial charge in [0.2, 0.25) is 0 Å². The summed E-state index contributed by atoms with van der Waals surface area (Å²) < 4.78 is 0. The normalized spacial score (nSPS) is 9.64. The van der Waals surface area contributed by atoms with E-state index in [4.69, 9.17) is 5.11 Å². The Morgan fingerprint density at radius 3 is 3.09 bits per heavy atom. The van der Waals surface area contributed by atoms with Gasteiger partial charge in [-0.2, -0.15) is 0 Å². The Morgan fingerprint density at radius 1 is 1.64 bits per heavy atom. The molecule has 0 aromatic carbocycles. The summed E-state index contributed by atoms with van der Waals surface area (Å²) in [6, 6.07) is 1.86. The van der Waals surface area contributed by atoms with Gasteiger partial charge in [0.15, 0.2) is 0 Å². The molecule has 0 aliphatic heterocycles. The summed E-state index contributed by atoms with van der Waals surface area (Å²) in [6.07, 6.45) is 3.37. The third-order valence-corrected chi connectivity index (χ3v) is 1.44. The third-order valence-electron chi connectivity index (χ3n) is 1.44. The van der Waals surface area contributed by atoms with Crippen molar-refractivity contribution < 1.29 is 5.11 Å². The van der Waals surface area contributed by atoms with Crippen molar-refractivity contribution in [2.45, 2.75) is 13.5 Å². The molecule has 1 aromatic heterocycles. The Hall–Kier alpha value is -1.09. The maximum atomic E-state index is 8.87. The van der Waals surface area contributed by atoms with E-state index >= 15 is 0 Å². The van der Waals surface area contributed by atoms with Crippen LogP contribution in [-0.4, -0.2) is 16.6 Å². The van der Waals surface area contributed by atoms with Crippen LogP contribution >= 0.6 is 0 Å². The standard InChI is InChI=1S/C8H12N2O/c1-2-10-8-3-4-9-5-7(8)6-11/h3-5,11H,2,6H2,1H3,(H,9,10). The van der Waals surface area contributed by atoms with Crippen molar-refractivity contribution in [3.05, 3.63) is 24.0 Å². The van der Waals surface area contributed by atoms with Crippen molar-refractivity contribution in [1.29, 1.82) is 0 Å². The highest BCUT2D eigenvalue weighted by Gasteiger charge is 1.97. The molecular weight excluding hydrogens is 140 g/mol. The molecule has 0 saturated heterocycles. The van der Waals surface area contributed by atoms with Crippen LogP contribution in [-0.2, 0) is 6.61 Å². The summed E-state index contributed by atoms with van der Waals surface area (Å²) in [5, 5.41) is 12.0. The average Bonchev–Trinajstić information content (AvgIpc) is 2.06. The Bertz CT molecular complexity index is 225. The minimum Gasteiger partial charge on any atom is -0.392 e. The fourth-order valence-corrected chi connectivity index (χ4v) is 0.916. The molecule has 0 atom stereocenters. The highest BCUT2D eigenvalue weighted by molar-refractivity contribution is 5.48. The molecular formula is C8H12N2O. The number of anilines is 1. The zero-order valence-electron chi connectivity index (χ0n) is 6.54. The first-order valence-corrected chi connectivity index (χ1v) is 3.66. The van der Waals surface area contributed by atoms with Crippen LogP contribution in [0.2, 0.25) is 0 Å². The number of pyridine rings is 1. The molecule has 2 N–H and O–H groups in total.